The molecule has 1 N–H and O–H groups in total. The van der Waals surface area contributed by atoms with Gasteiger partial charge in [0.1, 0.15) is 5.56 Å². The van der Waals surface area contributed by atoms with E-state index in [0.717, 1.165) is 19.4 Å². The van der Waals surface area contributed by atoms with Crippen LogP contribution in [0.3, 0.4) is 0 Å². The number of aryl methyl sites for hydroxylation is 2. The zero-order chi connectivity index (χ0) is 14.1. The molecule has 104 valence electrons. The number of nitrogens with zero attached hydrogens (tertiary/aromatic N) is 2. The first-order valence-electron chi connectivity index (χ1n) is 7.00. The lowest BCUT2D eigenvalue weighted by atomic mass is 9.83. The Balaban J connectivity index is 1.86. The number of fused-ring (bicyclic) bond motifs is 1. The summed E-state index contributed by atoms with van der Waals surface area (Å²) < 4.78 is 1.78. The third kappa shape index (κ3) is 2.33. The summed E-state index contributed by atoms with van der Waals surface area (Å²) in [6, 6.07) is 8.54. The van der Waals surface area contributed by atoms with Gasteiger partial charge in [-0.05, 0) is 37.3 Å². The van der Waals surface area contributed by atoms with Crippen LogP contribution in [0.25, 0.3) is 0 Å². The van der Waals surface area contributed by atoms with Crippen molar-refractivity contribution in [3.63, 3.8) is 0 Å². The number of benzene rings is 1. The van der Waals surface area contributed by atoms with Crippen molar-refractivity contribution in [3.05, 3.63) is 52.8 Å². The van der Waals surface area contributed by atoms with Gasteiger partial charge in [-0.3, -0.25) is 4.68 Å². The maximum Gasteiger partial charge on any atom is 0.339 e. The van der Waals surface area contributed by atoms with E-state index < -0.39 is 5.97 Å². The van der Waals surface area contributed by atoms with Crippen LogP contribution < -0.4 is 0 Å². The summed E-state index contributed by atoms with van der Waals surface area (Å²) in [7, 11) is 0. The van der Waals surface area contributed by atoms with Gasteiger partial charge in [0.2, 0.25) is 0 Å². The highest BCUT2D eigenvalue weighted by molar-refractivity contribution is 5.88. The van der Waals surface area contributed by atoms with Crippen molar-refractivity contribution in [1.29, 1.82) is 0 Å². The molecule has 1 aliphatic rings. The Hall–Kier alpha value is -2.10. The highest BCUT2D eigenvalue weighted by Gasteiger charge is 2.21. The Morgan fingerprint density at radius 2 is 2.25 bits per heavy atom. The molecule has 0 spiro atoms. The molecule has 1 unspecified atom stereocenters. The van der Waals surface area contributed by atoms with Crippen LogP contribution in [0.1, 0.15) is 45.9 Å². The van der Waals surface area contributed by atoms with Gasteiger partial charge in [0.05, 0.1) is 5.69 Å². The van der Waals surface area contributed by atoms with E-state index in [9.17, 15) is 4.79 Å². The molecule has 0 saturated heterocycles. The van der Waals surface area contributed by atoms with E-state index in [1.807, 2.05) is 0 Å². The molecule has 1 aromatic carbocycles. The van der Waals surface area contributed by atoms with Crippen molar-refractivity contribution in [3.8, 4) is 0 Å². The van der Waals surface area contributed by atoms with Crippen molar-refractivity contribution in [2.45, 2.75) is 38.6 Å². The zero-order valence-corrected chi connectivity index (χ0v) is 11.5. The SMILES string of the molecule is Cc1nn(CC2CCCc3ccccc32)cc1C(=O)O. The van der Waals surface area contributed by atoms with Gasteiger partial charge >= 0.3 is 5.97 Å². The summed E-state index contributed by atoms with van der Waals surface area (Å²) >= 11 is 0. The van der Waals surface area contributed by atoms with Gasteiger partial charge in [-0.25, -0.2) is 4.79 Å². The fourth-order valence-electron chi connectivity index (χ4n) is 3.09. The highest BCUT2D eigenvalue weighted by atomic mass is 16.4. The number of hydrogen-bond acceptors (Lipinski definition) is 2. The van der Waals surface area contributed by atoms with Crippen molar-refractivity contribution in [2.75, 3.05) is 0 Å². The molecule has 0 radical (unpaired) electrons. The number of carbonyl (C=O) groups is 1. The van der Waals surface area contributed by atoms with Gasteiger partial charge in [-0.2, -0.15) is 5.10 Å². The second-order valence-corrected chi connectivity index (χ2v) is 5.44. The van der Waals surface area contributed by atoms with Crippen LogP contribution in [0, 0.1) is 6.92 Å². The van der Waals surface area contributed by atoms with E-state index >= 15 is 0 Å². The summed E-state index contributed by atoms with van der Waals surface area (Å²) in [5, 5.41) is 13.4. The molecule has 0 saturated carbocycles. The molecule has 0 aliphatic heterocycles. The summed E-state index contributed by atoms with van der Waals surface area (Å²) in [5.74, 6) is -0.473. The largest absolute Gasteiger partial charge is 0.478 e. The number of aromatic nitrogens is 2. The molecular weight excluding hydrogens is 252 g/mol. The predicted octanol–water partition coefficient (Wildman–Crippen LogP) is 3.01. The molecule has 4 nitrogen and oxygen atoms in total. The van der Waals surface area contributed by atoms with Crippen LogP contribution in [-0.4, -0.2) is 20.9 Å². The van der Waals surface area contributed by atoms with Crippen molar-refractivity contribution < 1.29 is 9.90 Å². The molecule has 4 heteroatoms. The summed E-state index contributed by atoms with van der Waals surface area (Å²) in [4.78, 5) is 11.1. The third-order valence-corrected chi connectivity index (χ3v) is 4.08. The second-order valence-electron chi connectivity index (χ2n) is 5.44. The quantitative estimate of drug-likeness (QED) is 0.932. The lowest BCUT2D eigenvalue weighted by Crippen LogP contribution is -2.16. The van der Waals surface area contributed by atoms with Crippen molar-refractivity contribution in [1.82, 2.24) is 9.78 Å². The van der Waals surface area contributed by atoms with Crippen LogP contribution in [0.5, 0.6) is 0 Å². The van der Waals surface area contributed by atoms with E-state index in [0.29, 0.717) is 17.2 Å². The minimum Gasteiger partial charge on any atom is -0.478 e. The van der Waals surface area contributed by atoms with E-state index in [1.165, 1.54) is 17.5 Å². The van der Waals surface area contributed by atoms with Gasteiger partial charge in [0.25, 0.3) is 0 Å². The second kappa shape index (κ2) is 5.12. The number of rotatable bonds is 3. The summed E-state index contributed by atoms with van der Waals surface area (Å²) in [6.45, 7) is 2.50. The summed E-state index contributed by atoms with van der Waals surface area (Å²) in [5.41, 5.74) is 3.70. The van der Waals surface area contributed by atoms with Crippen LogP contribution in [-0.2, 0) is 13.0 Å². The molecule has 1 aliphatic carbocycles. The first kappa shape index (κ1) is 12.9. The highest BCUT2D eigenvalue weighted by Crippen LogP contribution is 2.32. The Labute approximate surface area is 118 Å². The van der Waals surface area contributed by atoms with E-state index in [4.69, 9.17) is 5.11 Å². The Bertz CT molecular complexity index is 646. The smallest absolute Gasteiger partial charge is 0.339 e. The molecule has 0 fully saturated rings. The third-order valence-electron chi connectivity index (χ3n) is 4.08. The monoisotopic (exact) mass is 270 g/mol. The van der Waals surface area contributed by atoms with E-state index in [-0.39, 0.29) is 0 Å². The molecule has 1 aromatic heterocycles. The number of aromatic carboxylic acids is 1. The van der Waals surface area contributed by atoms with Gasteiger partial charge < -0.3 is 5.11 Å². The average molecular weight is 270 g/mol. The molecule has 20 heavy (non-hydrogen) atoms. The lowest BCUT2D eigenvalue weighted by molar-refractivity contribution is 0.0696. The minimum absolute atomic E-state index is 0.300. The van der Waals surface area contributed by atoms with Gasteiger partial charge in [0, 0.05) is 18.7 Å². The van der Waals surface area contributed by atoms with Crippen LogP contribution >= 0.6 is 0 Å². The fourth-order valence-corrected chi connectivity index (χ4v) is 3.09. The first-order chi connectivity index (χ1) is 9.65. The zero-order valence-electron chi connectivity index (χ0n) is 11.5. The predicted molar refractivity (Wildman–Crippen MR) is 76.0 cm³/mol. The van der Waals surface area contributed by atoms with Crippen molar-refractivity contribution >= 4 is 5.97 Å². The van der Waals surface area contributed by atoms with Crippen molar-refractivity contribution in [2.24, 2.45) is 0 Å². The maximum absolute atomic E-state index is 11.1. The van der Waals surface area contributed by atoms with E-state index in [1.54, 1.807) is 17.8 Å². The Morgan fingerprint density at radius 1 is 1.45 bits per heavy atom. The van der Waals surface area contributed by atoms with Crippen LogP contribution in [0.2, 0.25) is 0 Å². The Morgan fingerprint density at radius 3 is 3.00 bits per heavy atom. The van der Waals surface area contributed by atoms with Gasteiger partial charge in [-0.1, -0.05) is 24.3 Å². The normalized spacial score (nSPS) is 17.8. The number of hydrogen-bond donors (Lipinski definition) is 1. The molecule has 1 atom stereocenters. The van der Waals surface area contributed by atoms with Crippen LogP contribution in [0.4, 0.5) is 0 Å². The molecule has 2 aromatic rings. The van der Waals surface area contributed by atoms with Gasteiger partial charge in [-0.15, -0.1) is 0 Å². The van der Waals surface area contributed by atoms with Gasteiger partial charge in [0.15, 0.2) is 0 Å². The van der Waals surface area contributed by atoms with E-state index in [2.05, 4.69) is 29.4 Å². The minimum atomic E-state index is -0.905. The topological polar surface area (TPSA) is 55.1 Å². The molecular formula is C16H18N2O2. The maximum atomic E-state index is 11.1. The first-order valence-corrected chi connectivity index (χ1v) is 7.00. The fraction of sp³-hybridized carbons (Fsp3) is 0.375. The molecule has 3 rings (SSSR count). The average Bonchev–Trinajstić information content (AvgIpc) is 2.80. The van der Waals surface area contributed by atoms with Crippen LogP contribution in [0.15, 0.2) is 30.5 Å². The number of carboxylic acids is 1. The summed E-state index contributed by atoms with van der Waals surface area (Å²) in [6.07, 6.45) is 5.12. The molecule has 0 bridgehead atoms. The molecule has 1 heterocycles. The Kier molecular flexibility index (Phi) is 3.30. The lowest BCUT2D eigenvalue weighted by Gasteiger charge is -2.25. The number of carboxylic acid groups (broad SMARTS) is 1. The molecule has 0 amide bonds. The standard InChI is InChI=1S/C16H18N2O2/c1-11-15(16(19)20)10-18(17-11)9-13-7-4-6-12-5-2-3-8-14(12)13/h2-3,5,8,10,13H,4,6-7,9H2,1H3,(H,19,20).